The van der Waals surface area contributed by atoms with Crippen molar-refractivity contribution in [3.63, 3.8) is 0 Å². The molecule has 7 nitrogen and oxygen atoms in total. The molecule has 4 heterocycles. The first-order chi connectivity index (χ1) is 15.1. The van der Waals surface area contributed by atoms with Crippen LogP contribution in [0.5, 0.6) is 0 Å². The highest BCUT2D eigenvalue weighted by Crippen LogP contribution is 2.34. The molecule has 0 spiro atoms. The van der Waals surface area contributed by atoms with Gasteiger partial charge in [0.1, 0.15) is 5.65 Å². The second-order valence-electron chi connectivity index (χ2n) is 8.38. The lowest BCUT2D eigenvalue weighted by Gasteiger charge is -2.34. The van der Waals surface area contributed by atoms with Crippen molar-refractivity contribution in [1.29, 1.82) is 0 Å². The van der Waals surface area contributed by atoms with Crippen molar-refractivity contribution in [2.45, 2.75) is 32.9 Å². The molecule has 2 aliphatic heterocycles. The zero-order chi connectivity index (χ0) is 21.4. The Balaban J connectivity index is 1.57. The maximum Gasteiger partial charge on any atom is 0.317 e. The van der Waals surface area contributed by atoms with Crippen LogP contribution in [0.3, 0.4) is 0 Å². The van der Waals surface area contributed by atoms with E-state index in [2.05, 4.69) is 45.7 Å². The molecule has 0 radical (unpaired) electrons. The number of morpholine rings is 1. The third-order valence-corrected chi connectivity index (χ3v) is 6.36. The minimum Gasteiger partial charge on any atom is -0.378 e. The van der Waals surface area contributed by atoms with Gasteiger partial charge in [-0.15, -0.1) is 0 Å². The Hall–Kier alpha value is -2.90. The minimum absolute atomic E-state index is 0.00798. The number of carbonyl (C=O) groups excluding carboxylic acids is 1. The van der Waals surface area contributed by atoms with Crippen molar-refractivity contribution < 1.29 is 9.53 Å². The van der Waals surface area contributed by atoms with Crippen LogP contribution < -0.4 is 10.6 Å². The fraction of sp³-hybridized carbons (Fsp3) is 0.417. The SMILES string of the molecule is CCNC(=O)N1CCc2cc(-c3cnc4[nH]cc(C)c4c3)cc(C3COCCN3)c2C1. The molecule has 3 aromatic rings. The molecule has 162 valence electrons. The average molecular weight is 420 g/mol. The number of urea groups is 1. The van der Waals surface area contributed by atoms with Crippen molar-refractivity contribution in [2.75, 3.05) is 32.8 Å². The molecule has 1 unspecified atom stereocenters. The number of aromatic amines is 1. The summed E-state index contributed by atoms with van der Waals surface area (Å²) in [5, 5.41) is 7.69. The van der Waals surface area contributed by atoms with Crippen LogP contribution in [-0.2, 0) is 17.7 Å². The zero-order valence-corrected chi connectivity index (χ0v) is 18.1. The smallest absolute Gasteiger partial charge is 0.317 e. The lowest BCUT2D eigenvalue weighted by Crippen LogP contribution is -2.43. The summed E-state index contributed by atoms with van der Waals surface area (Å²) in [4.78, 5) is 22.2. The minimum atomic E-state index is 0.00798. The molecule has 0 aliphatic carbocycles. The number of carbonyl (C=O) groups is 1. The average Bonchev–Trinajstić information content (AvgIpc) is 3.18. The van der Waals surface area contributed by atoms with E-state index in [1.54, 1.807) is 0 Å². The second-order valence-corrected chi connectivity index (χ2v) is 8.38. The third-order valence-electron chi connectivity index (χ3n) is 6.36. The largest absolute Gasteiger partial charge is 0.378 e. The van der Waals surface area contributed by atoms with Gasteiger partial charge < -0.3 is 25.3 Å². The second kappa shape index (κ2) is 8.32. The summed E-state index contributed by atoms with van der Waals surface area (Å²) in [5.74, 6) is 0. The van der Waals surface area contributed by atoms with Crippen molar-refractivity contribution in [3.8, 4) is 11.1 Å². The van der Waals surface area contributed by atoms with E-state index in [1.165, 1.54) is 27.8 Å². The van der Waals surface area contributed by atoms with E-state index in [0.717, 1.165) is 42.7 Å². The summed E-state index contributed by atoms with van der Waals surface area (Å²) < 4.78 is 5.78. The Bertz CT molecular complexity index is 1120. The van der Waals surface area contributed by atoms with E-state index >= 15 is 0 Å². The van der Waals surface area contributed by atoms with Gasteiger partial charge in [-0.25, -0.2) is 9.78 Å². The van der Waals surface area contributed by atoms with Crippen LogP contribution in [0.2, 0.25) is 0 Å². The normalized spacial score (nSPS) is 18.8. The van der Waals surface area contributed by atoms with Gasteiger partial charge in [-0.05, 0) is 60.2 Å². The van der Waals surface area contributed by atoms with Crippen LogP contribution in [0.1, 0.15) is 35.2 Å². The number of hydrogen-bond donors (Lipinski definition) is 3. The summed E-state index contributed by atoms with van der Waals surface area (Å²) >= 11 is 0. The van der Waals surface area contributed by atoms with Gasteiger partial charge in [0.05, 0.1) is 19.3 Å². The van der Waals surface area contributed by atoms with E-state index in [0.29, 0.717) is 19.7 Å². The predicted octanol–water partition coefficient (Wildman–Crippen LogP) is 3.29. The highest BCUT2D eigenvalue weighted by atomic mass is 16.5. The van der Waals surface area contributed by atoms with E-state index in [1.807, 2.05) is 24.2 Å². The fourth-order valence-electron chi connectivity index (χ4n) is 4.67. The third kappa shape index (κ3) is 3.79. The summed E-state index contributed by atoms with van der Waals surface area (Å²) in [6, 6.07) is 6.89. The van der Waals surface area contributed by atoms with E-state index in [4.69, 9.17) is 4.74 Å². The first-order valence-electron chi connectivity index (χ1n) is 11.1. The Labute approximate surface area is 182 Å². The number of rotatable bonds is 3. The van der Waals surface area contributed by atoms with E-state index in [-0.39, 0.29) is 12.1 Å². The van der Waals surface area contributed by atoms with Gasteiger partial charge in [0, 0.05) is 49.5 Å². The maximum absolute atomic E-state index is 12.5. The Morgan fingerprint density at radius 1 is 1.32 bits per heavy atom. The molecule has 1 atom stereocenters. The van der Waals surface area contributed by atoms with Crippen molar-refractivity contribution in [1.82, 2.24) is 25.5 Å². The molecule has 2 amide bonds. The highest BCUT2D eigenvalue weighted by Gasteiger charge is 2.27. The number of aromatic nitrogens is 2. The van der Waals surface area contributed by atoms with Gasteiger partial charge in [0.15, 0.2) is 0 Å². The van der Waals surface area contributed by atoms with Crippen LogP contribution >= 0.6 is 0 Å². The number of aryl methyl sites for hydroxylation is 1. The van der Waals surface area contributed by atoms with Gasteiger partial charge in [-0.2, -0.15) is 0 Å². The molecule has 5 rings (SSSR count). The predicted molar refractivity (Wildman–Crippen MR) is 121 cm³/mol. The monoisotopic (exact) mass is 419 g/mol. The molecule has 1 fully saturated rings. The zero-order valence-electron chi connectivity index (χ0n) is 18.1. The number of amides is 2. The van der Waals surface area contributed by atoms with Crippen LogP contribution in [0.4, 0.5) is 4.79 Å². The summed E-state index contributed by atoms with van der Waals surface area (Å²) in [7, 11) is 0. The van der Waals surface area contributed by atoms with Crippen LogP contribution in [-0.4, -0.2) is 53.7 Å². The van der Waals surface area contributed by atoms with E-state index < -0.39 is 0 Å². The molecule has 0 saturated carbocycles. The molecule has 31 heavy (non-hydrogen) atoms. The van der Waals surface area contributed by atoms with Crippen LogP contribution in [0.25, 0.3) is 22.2 Å². The lowest BCUT2D eigenvalue weighted by atomic mass is 9.87. The molecule has 2 aliphatic rings. The van der Waals surface area contributed by atoms with Gasteiger partial charge in [-0.3, -0.25) is 0 Å². The first-order valence-corrected chi connectivity index (χ1v) is 11.1. The number of hydrogen-bond acceptors (Lipinski definition) is 4. The first kappa shape index (κ1) is 20.0. The Kier molecular flexibility index (Phi) is 5.38. The highest BCUT2D eigenvalue weighted by molar-refractivity contribution is 5.84. The van der Waals surface area contributed by atoms with Gasteiger partial charge in [0.25, 0.3) is 0 Å². The Morgan fingerprint density at radius 2 is 2.23 bits per heavy atom. The molecule has 2 aromatic heterocycles. The molecular formula is C24H29N5O2. The summed E-state index contributed by atoms with van der Waals surface area (Å²) in [5.41, 5.74) is 8.18. The molecular weight excluding hydrogens is 390 g/mol. The standard InChI is InChI=1S/C24H29N5O2/c1-3-25-24(30)29-6-4-16-8-17(18-10-19-15(2)11-27-23(19)28-12-18)9-20(21(16)13-29)22-14-31-7-5-26-22/h8-12,22,26H,3-7,13-14H2,1-2H3,(H,25,30)(H,27,28). The molecule has 0 bridgehead atoms. The van der Waals surface area contributed by atoms with E-state index in [9.17, 15) is 4.79 Å². The fourth-order valence-corrected chi connectivity index (χ4v) is 4.67. The molecule has 1 aromatic carbocycles. The number of H-pyrrole nitrogens is 1. The number of nitrogens with one attached hydrogen (secondary N) is 3. The van der Waals surface area contributed by atoms with Gasteiger partial charge in [-0.1, -0.05) is 6.07 Å². The van der Waals surface area contributed by atoms with Crippen molar-refractivity contribution >= 4 is 17.1 Å². The molecule has 7 heteroatoms. The number of pyridine rings is 1. The van der Waals surface area contributed by atoms with Crippen molar-refractivity contribution in [2.24, 2.45) is 0 Å². The maximum atomic E-state index is 12.5. The van der Waals surface area contributed by atoms with Gasteiger partial charge >= 0.3 is 6.03 Å². The van der Waals surface area contributed by atoms with Crippen LogP contribution in [0, 0.1) is 6.92 Å². The number of benzene rings is 1. The number of ether oxygens (including phenoxy) is 1. The topological polar surface area (TPSA) is 82.3 Å². The number of nitrogens with zero attached hydrogens (tertiary/aromatic N) is 2. The summed E-state index contributed by atoms with van der Waals surface area (Å²) in [6.07, 6.45) is 4.79. The van der Waals surface area contributed by atoms with Crippen LogP contribution in [0.15, 0.2) is 30.6 Å². The molecule has 1 saturated heterocycles. The summed E-state index contributed by atoms with van der Waals surface area (Å²) in [6.45, 7) is 8.26. The lowest BCUT2D eigenvalue weighted by molar-refractivity contribution is 0.0763. The quantitative estimate of drug-likeness (QED) is 0.608. The van der Waals surface area contributed by atoms with Gasteiger partial charge in [0.2, 0.25) is 0 Å². The number of fused-ring (bicyclic) bond motifs is 2. The Morgan fingerprint density at radius 3 is 3.03 bits per heavy atom. The van der Waals surface area contributed by atoms with Crippen molar-refractivity contribution in [3.05, 3.63) is 52.8 Å². The molecule has 3 N–H and O–H groups in total.